The summed E-state index contributed by atoms with van der Waals surface area (Å²) in [5.74, 6) is 2.97. The summed E-state index contributed by atoms with van der Waals surface area (Å²) in [4.78, 5) is 0. The molecule has 0 fully saturated rings. The van der Waals surface area contributed by atoms with Gasteiger partial charge in [-0.3, -0.25) is 0 Å². The van der Waals surface area contributed by atoms with Crippen LogP contribution >= 0.6 is 24.8 Å². The second kappa shape index (κ2) is 16.5. The molecule has 0 N–H and O–H groups in total. The second-order valence-corrected chi connectivity index (χ2v) is 49.9. The van der Waals surface area contributed by atoms with Gasteiger partial charge in [0.15, 0.2) is 0 Å². The summed E-state index contributed by atoms with van der Waals surface area (Å²) in [5.41, 5.74) is 20.8. The van der Waals surface area contributed by atoms with Crippen molar-refractivity contribution in [2.24, 2.45) is 11.8 Å². The van der Waals surface area contributed by atoms with Gasteiger partial charge in [-0.15, -0.1) is 24.8 Å². The summed E-state index contributed by atoms with van der Waals surface area (Å²) in [5, 5.41) is 0. The molecule has 2 unspecified atom stereocenters. The van der Waals surface area contributed by atoms with Gasteiger partial charge in [0.25, 0.3) is 0 Å². The zero-order valence-corrected chi connectivity index (χ0v) is 41.2. The van der Waals surface area contributed by atoms with Gasteiger partial charge in [-0.05, 0) is 0 Å². The molecule has 0 nitrogen and oxygen atoms in total. The van der Waals surface area contributed by atoms with E-state index in [1.807, 2.05) is 0 Å². The third-order valence-electron chi connectivity index (χ3n) is 12.7. The molecule has 4 heteroatoms. The van der Waals surface area contributed by atoms with Crippen LogP contribution in [-0.2, 0) is 17.4 Å². The molecule has 0 saturated heterocycles. The van der Waals surface area contributed by atoms with E-state index in [1.165, 1.54) is 55.6 Å². The molecule has 4 aromatic rings. The summed E-state index contributed by atoms with van der Waals surface area (Å²) < 4.78 is 6.62. The molecule has 0 aromatic heterocycles. The molecule has 2 aliphatic carbocycles. The zero-order chi connectivity index (χ0) is 38.0. The third-order valence-corrected chi connectivity index (χ3v) is 30.0. The van der Waals surface area contributed by atoms with Crippen molar-refractivity contribution in [1.29, 1.82) is 0 Å². The number of fused-ring (bicyclic) bond motifs is 2. The molecule has 2 atom stereocenters. The van der Waals surface area contributed by atoms with Crippen molar-refractivity contribution in [3.8, 4) is 22.3 Å². The molecule has 2 aliphatic rings. The first-order valence-electron chi connectivity index (χ1n) is 20.4. The maximum Gasteiger partial charge on any atom is -0.147 e. The molecule has 0 bridgehead atoms. The van der Waals surface area contributed by atoms with Crippen molar-refractivity contribution in [3.63, 3.8) is 0 Å². The van der Waals surface area contributed by atoms with Crippen LogP contribution in [0.4, 0.5) is 0 Å². The van der Waals surface area contributed by atoms with E-state index in [4.69, 9.17) is 0 Å². The van der Waals surface area contributed by atoms with E-state index in [0.29, 0.717) is 42.8 Å². The van der Waals surface area contributed by atoms with Crippen molar-refractivity contribution >= 4 is 43.8 Å². The Morgan fingerprint density at radius 1 is 0.444 bits per heavy atom. The van der Waals surface area contributed by atoms with Crippen molar-refractivity contribution in [1.82, 2.24) is 0 Å². The minimum Gasteiger partial charge on any atom is -0.147 e. The van der Waals surface area contributed by atoms with Gasteiger partial charge in [-0.25, -0.2) is 0 Å². The Balaban J connectivity index is 0.00000325. The predicted octanol–water partition coefficient (Wildman–Crippen LogP) is 15.6. The molecule has 0 radical (unpaired) electrons. The Labute approximate surface area is 344 Å². The molecule has 54 heavy (non-hydrogen) atoms. The van der Waals surface area contributed by atoms with Crippen LogP contribution < -0.4 is 0 Å². The van der Waals surface area contributed by atoms with Gasteiger partial charge in [-0.2, -0.15) is 0 Å². The number of allylic oxidation sites excluding steroid dienone is 2. The monoisotopic (exact) mass is 856 g/mol. The van der Waals surface area contributed by atoms with Crippen LogP contribution in [0.25, 0.3) is 34.4 Å². The topological polar surface area (TPSA) is 0 Å². The Morgan fingerprint density at radius 3 is 1.00 bits per heavy atom. The van der Waals surface area contributed by atoms with Crippen LogP contribution in [-0.4, -0.2) is 6.88 Å². The summed E-state index contributed by atoms with van der Waals surface area (Å²) >= 11 is -3.83. The Kier molecular flexibility index (Phi) is 13.7. The first-order valence-corrected chi connectivity index (χ1v) is 34.0. The molecule has 4 aromatic carbocycles. The molecular weight excluding hydrogens is 791 g/mol. The molecule has 0 saturated carbocycles. The van der Waals surface area contributed by atoms with Crippen LogP contribution in [0.15, 0.2) is 83.9 Å². The minimum atomic E-state index is -3.83. The van der Waals surface area contributed by atoms with Gasteiger partial charge in [0.05, 0.1) is 0 Å². The van der Waals surface area contributed by atoms with Gasteiger partial charge in [0.2, 0.25) is 0 Å². The number of hydrogen-bond donors (Lipinski definition) is 0. The van der Waals surface area contributed by atoms with Crippen molar-refractivity contribution < 1.29 is 17.4 Å². The SMILES string of the molecule is CC(C)C1=Cc2c(-c3cc(C(C)C)cc(C(C)C)c3)cccc2[CH]1[Zr]([CH3])([CH3])(=[SiH2])[CH]1C(C(C)C)=Cc2c(-c3cc(C(C)C)cc(C(C)C)c3)cccc21.Cl.Cl. The molecule has 0 spiro atoms. The molecule has 0 heterocycles. The van der Waals surface area contributed by atoms with Crippen LogP contribution in [0.3, 0.4) is 0 Å². The first-order chi connectivity index (χ1) is 24.3. The van der Waals surface area contributed by atoms with Gasteiger partial charge < -0.3 is 0 Å². The van der Waals surface area contributed by atoms with E-state index < -0.39 is 17.4 Å². The fraction of sp³-hybridized carbons (Fsp3) is 0.440. The van der Waals surface area contributed by atoms with Crippen molar-refractivity contribution in [2.75, 3.05) is 0 Å². The van der Waals surface area contributed by atoms with Gasteiger partial charge in [0, 0.05) is 0 Å². The minimum absolute atomic E-state index is 0. The van der Waals surface area contributed by atoms with Gasteiger partial charge in [-0.1, -0.05) is 0 Å². The quantitative estimate of drug-likeness (QED) is 0.139. The van der Waals surface area contributed by atoms with Crippen molar-refractivity contribution in [3.05, 3.63) is 128 Å². The van der Waals surface area contributed by atoms with E-state index in [9.17, 15) is 0 Å². The first kappa shape index (κ1) is 44.8. The summed E-state index contributed by atoms with van der Waals surface area (Å²) in [6.45, 7) is 30.9. The van der Waals surface area contributed by atoms with Crippen LogP contribution in [0, 0.1) is 11.8 Å². The number of benzene rings is 4. The Bertz CT molecular complexity index is 1950. The largest absolute Gasteiger partial charge is 0.147 e. The standard InChI is InChI=1S/2C24H29.2CH3.2ClH.H2Si.Zr/c2*1-15(2)19-11-20(16(3)4)13-22(12-19)23-9-7-8-18-10-21(17(5)6)14-24(18)23;;;;;;/h2*7-17H,1-6H3;2*1H3;2*1H;1H2;. The number of hydrogen-bond acceptors (Lipinski definition) is 0. The van der Waals surface area contributed by atoms with E-state index in [-0.39, 0.29) is 24.8 Å². The molecule has 0 amide bonds. The number of halogens is 2. The molecule has 0 aliphatic heterocycles. The Morgan fingerprint density at radius 2 is 0.741 bits per heavy atom. The van der Waals surface area contributed by atoms with Crippen LogP contribution in [0.5, 0.6) is 0 Å². The van der Waals surface area contributed by atoms with E-state index in [2.05, 4.69) is 184 Å². The maximum atomic E-state index is 2.82. The fourth-order valence-electron chi connectivity index (χ4n) is 9.63. The van der Waals surface area contributed by atoms with E-state index in [0.717, 1.165) is 0 Å². The summed E-state index contributed by atoms with van der Waals surface area (Å²) in [6, 6.07) is 29.4. The molecular formula is C50H68Cl2SiZr. The number of rotatable bonds is 10. The second-order valence-electron chi connectivity index (χ2n) is 19.4. The average Bonchev–Trinajstić information content (AvgIpc) is 3.69. The fourth-order valence-corrected chi connectivity index (χ4v) is 29.5. The zero-order valence-electron chi connectivity index (χ0n) is 35.7. The maximum absolute atomic E-state index is 3.83. The molecule has 290 valence electrons. The van der Waals surface area contributed by atoms with Crippen LogP contribution in [0.1, 0.15) is 159 Å². The van der Waals surface area contributed by atoms with E-state index >= 15 is 0 Å². The predicted molar refractivity (Wildman–Crippen MR) is 246 cm³/mol. The van der Waals surface area contributed by atoms with Crippen molar-refractivity contribution in [2.45, 2.75) is 123 Å². The smallest absolute Gasteiger partial charge is 0.147 e. The van der Waals surface area contributed by atoms with Gasteiger partial charge >= 0.3 is 322 Å². The summed E-state index contributed by atoms with van der Waals surface area (Å²) in [7, 11) is 0. The third kappa shape index (κ3) is 8.08. The normalized spacial score (nSPS) is 16.9. The summed E-state index contributed by atoms with van der Waals surface area (Å²) in [6.07, 6.45) is 5.31. The average molecular weight is 859 g/mol. The van der Waals surface area contributed by atoms with E-state index in [1.54, 1.807) is 22.3 Å². The molecule has 6 rings (SSSR count). The van der Waals surface area contributed by atoms with Crippen LogP contribution in [0.2, 0.25) is 9.26 Å². The van der Waals surface area contributed by atoms with Gasteiger partial charge in [0.1, 0.15) is 0 Å². The Hall–Kier alpha value is -1.96.